The molecule has 0 aliphatic heterocycles. The van der Waals surface area contributed by atoms with E-state index in [-0.39, 0.29) is 18.2 Å². The summed E-state index contributed by atoms with van der Waals surface area (Å²) in [6.45, 7) is 4.82. The topological polar surface area (TPSA) is 82.5 Å². The van der Waals surface area contributed by atoms with Gasteiger partial charge in [0.25, 0.3) is 0 Å². The van der Waals surface area contributed by atoms with Crippen LogP contribution in [0.3, 0.4) is 0 Å². The maximum Gasteiger partial charge on any atom is 0.337 e. The molecule has 18 heavy (non-hydrogen) atoms. The predicted octanol–water partition coefficient (Wildman–Crippen LogP) is 1.28. The Hall–Kier alpha value is -1.46. The lowest BCUT2D eigenvalue weighted by atomic mass is 10.0. The molecule has 0 bridgehead atoms. The number of nitrogens with zero attached hydrogens (tertiary/aromatic N) is 1. The Labute approximate surface area is 107 Å². The molecule has 0 spiro atoms. The minimum absolute atomic E-state index is 0.0472. The molecule has 1 aromatic rings. The summed E-state index contributed by atoms with van der Waals surface area (Å²) in [7, 11) is 0. The minimum Gasteiger partial charge on any atom is -0.478 e. The summed E-state index contributed by atoms with van der Waals surface area (Å²) in [6.07, 6.45) is 2.24. The number of aliphatic hydroxyl groups excluding tert-OH is 1. The number of rotatable bonds is 7. The van der Waals surface area contributed by atoms with Gasteiger partial charge in [-0.3, -0.25) is 4.98 Å². The molecule has 0 aliphatic rings. The Morgan fingerprint density at radius 3 is 2.61 bits per heavy atom. The third-order valence-electron chi connectivity index (χ3n) is 2.62. The van der Waals surface area contributed by atoms with Gasteiger partial charge in [0.05, 0.1) is 17.9 Å². The molecule has 5 nitrogen and oxygen atoms in total. The van der Waals surface area contributed by atoms with Gasteiger partial charge in [-0.2, -0.15) is 0 Å². The van der Waals surface area contributed by atoms with E-state index in [0.717, 1.165) is 12.1 Å². The highest BCUT2D eigenvalue weighted by molar-refractivity contribution is 5.87. The Morgan fingerprint density at radius 1 is 1.44 bits per heavy atom. The van der Waals surface area contributed by atoms with Crippen LogP contribution in [0.15, 0.2) is 18.3 Å². The predicted molar refractivity (Wildman–Crippen MR) is 68.4 cm³/mol. The van der Waals surface area contributed by atoms with Crippen LogP contribution in [0.1, 0.15) is 36.3 Å². The van der Waals surface area contributed by atoms with Crippen LogP contribution < -0.4 is 5.32 Å². The van der Waals surface area contributed by atoms with Crippen molar-refractivity contribution >= 4 is 5.97 Å². The lowest BCUT2D eigenvalue weighted by Gasteiger charge is -2.17. The van der Waals surface area contributed by atoms with Crippen molar-refractivity contribution in [1.29, 1.82) is 0 Å². The molecule has 0 aromatic carbocycles. The third kappa shape index (κ3) is 4.81. The fourth-order valence-electron chi connectivity index (χ4n) is 1.70. The Kier molecular flexibility index (Phi) is 5.74. The summed E-state index contributed by atoms with van der Waals surface area (Å²) in [5.41, 5.74) is 0.946. The van der Waals surface area contributed by atoms with E-state index in [0.29, 0.717) is 12.5 Å². The van der Waals surface area contributed by atoms with E-state index in [4.69, 9.17) is 5.11 Å². The first kappa shape index (κ1) is 14.6. The maximum absolute atomic E-state index is 10.7. The molecule has 5 heteroatoms. The minimum atomic E-state index is -0.977. The standard InChI is InChI=1S/C13H20N2O3/c1-9(2)5-12(8-16)15-7-11-4-3-10(6-14-11)13(17)18/h3-4,6,9,12,15-16H,5,7-8H2,1-2H3,(H,17,18). The van der Waals surface area contributed by atoms with Gasteiger partial charge in [0.1, 0.15) is 0 Å². The van der Waals surface area contributed by atoms with Gasteiger partial charge in [-0.05, 0) is 24.5 Å². The maximum atomic E-state index is 10.7. The fourth-order valence-corrected chi connectivity index (χ4v) is 1.70. The van der Waals surface area contributed by atoms with Crippen LogP contribution in [0.4, 0.5) is 0 Å². The van der Waals surface area contributed by atoms with Crippen molar-refractivity contribution in [2.45, 2.75) is 32.9 Å². The van der Waals surface area contributed by atoms with Crippen LogP contribution in [0, 0.1) is 5.92 Å². The normalized spacial score (nSPS) is 12.7. The van der Waals surface area contributed by atoms with Crippen LogP contribution in [-0.4, -0.2) is 33.8 Å². The lowest BCUT2D eigenvalue weighted by molar-refractivity contribution is 0.0696. The molecule has 1 unspecified atom stereocenters. The molecular formula is C13H20N2O3. The molecule has 0 aliphatic carbocycles. The number of aliphatic hydroxyl groups is 1. The smallest absolute Gasteiger partial charge is 0.337 e. The number of carbonyl (C=O) groups is 1. The number of carboxylic acids is 1. The van der Waals surface area contributed by atoms with Gasteiger partial charge >= 0.3 is 5.97 Å². The summed E-state index contributed by atoms with van der Waals surface area (Å²) in [5, 5.41) is 21.2. The fraction of sp³-hybridized carbons (Fsp3) is 0.538. The number of hydrogen-bond acceptors (Lipinski definition) is 4. The highest BCUT2D eigenvalue weighted by Crippen LogP contribution is 2.06. The van der Waals surface area contributed by atoms with Crippen molar-refractivity contribution in [1.82, 2.24) is 10.3 Å². The zero-order valence-electron chi connectivity index (χ0n) is 10.8. The Bertz CT molecular complexity index is 376. The first-order chi connectivity index (χ1) is 8.52. The van der Waals surface area contributed by atoms with Crippen LogP contribution >= 0.6 is 0 Å². The molecule has 1 aromatic heterocycles. The van der Waals surface area contributed by atoms with Gasteiger partial charge in [-0.1, -0.05) is 13.8 Å². The van der Waals surface area contributed by atoms with Gasteiger partial charge in [-0.25, -0.2) is 4.79 Å². The number of carboxylic acid groups (broad SMARTS) is 1. The van der Waals surface area contributed by atoms with Gasteiger partial charge in [-0.15, -0.1) is 0 Å². The zero-order valence-corrected chi connectivity index (χ0v) is 10.8. The van der Waals surface area contributed by atoms with Gasteiger partial charge in [0.15, 0.2) is 0 Å². The summed E-state index contributed by atoms with van der Waals surface area (Å²) in [5.74, 6) is -0.466. The monoisotopic (exact) mass is 252 g/mol. The number of aromatic carboxylic acids is 1. The van der Waals surface area contributed by atoms with Crippen molar-refractivity contribution in [2.24, 2.45) is 5.92 Å². The SMILES string of the molecule is CC(C)CC(CO)NCc1ccc(C(=O)O)cn1. The highest BCUT2D eigenvalue weighted by atomic mass is 16.4. The molecule has 0 radical (unpaired) electrons. The van der Waals surface area contributed by atoms with E-state index in [1.807, 2.05) is 0 Å². The van der Waals surface area contributed by atoms with Crippen LogP contribution in [0.5, 0.6) is 0 Å². The van der Waals surface area contributed by atoms with Crippen molar-refractivity contribution in [3.63, 3.8) is 0 Å². The summed E-state index contributed by atoms with van der Waals surface area (Å²) < 4.78 is 0. The molecular weight excluding hydrogens is 232 g/mol. The molecule has 0 saturated carbocycles. The van der Waals surface area contributed by atoms with E-state index in [9.17, 15) is 9.90 Å². The number of pyridine rings is 1. The van der Waals surface area contributed by atoms with Crippen LogP contribution in [0.2, 0.25) is 0 Å². The third-order valence-corrected chi connectivity index (χ3v) is 2.62. The second-order valence-corrected chi connectivity index (χ2v) is 4.73. The summed E-state index contributed by atoms with van der Waals surface area (Å²) in [4.78, 5) is 14.7. The van der Waals surface area contributed by atoms with E-state index in [2.05, 4.69) is 24.1 Å². The van der Waals surface area contributed by atoms with E-state index in [1.54, 1.807) is 6.07 Å². The summed E-state index contributed by atoms with van der Waals surface area (Å²) >= 11 is 0. The van der Waals surface area contributed by atoms with E-state index >= 15 is 0 Å². The highest BCUT2D eigenvalue weighted by Gasteiger charge is 2.09. The molecule has 0 amide bonds. The van der Waals surface area contributed by atoms with Crippen molar-refractivity contribution < 1.29 is 15.0 Å². The van der Waals surface area contributed by atoms with Crippen molar-refractivity contribution in [3.8, 4) is 0 Å². The van der Waals surface area contributed by atoms with Gasteiger partial charge < -0.3 is 15.5 Å². The molecule has 1 rings (SSSR count). The lowest BCUT2D eigenvalue weighted by Crippen LogP contribution is -2.33. The number of nitrogens with one attached hydrogen (secondary N) is 1. The molecule has 100 valence electrons. The van der Waals surface area contributed by atoms with Crippen molar-refractivity contribution in [3.05, 3.63) is 29.6 Å². The van der Waals surface area contributed by atoms with E-state index in [1.165, 1.54) is 12.3 Å². The molecule has 3 N–H and O–H groups in total. The molecule has 1 atom stereocenters. The number of aromatic nitrogens is 1. The Morgan fingerprint density at radius 2 is 2.17 bits per heavy atom. The van der Waals surface area contributed by atoms with Gasteiger partial charge in [0, 0.05) is 18.8 Å². The molecule has 1 heterocycles. The van der Waals surface area contributed by atoms with Gasteiger partial charge in [0.2, 0.25) is 0 Å². The molecule has 0 saturated heterocycles. The first-order valence-electron chi connectivity index (χ1n) is 6.05. The second kappa shape index (κ2) is 7.08. The Balaban J connectivity index is 2.49. The molecule has 0 fully saturated rings. The first-order valence-corrected chi connectivity index (χ1v) is 6.05. The van der Waals surface area contributed by atoms with Crippen molar-refractivity contribution in [2.75, 3.05) is 6.61 Å². The number of hydrogen-bond donors (Lipinski definition) is 3. The largest absolute Gasteiger partial charge is 0.478 e. The van der Waals surface area contributed by atoms with Crippen LogP contribution in [0.25, 0.3) is 0 Å². The zero-order chi connectivity index (χ0) is 13.5. The quantitative estimate of drug-likeness (QED) is 0.681. The average Bonchev–Trinajstić information content (AvgIpc) is 2.34. The van der Waals surface area contributed by atoms with Crippen LogP contribution in [-0.2, 0) is 6.54 Å². The summed E-state index contributed by atoms with van der Waals surface area (Å²) in [6, 6.07) is 3.26. The second-order valence-electron chi connectivity index (χ2n) is 4.73. The van der Waals surface area contributed by atoms with E-state index < -0.39 is 5.97 Å². The average molecular weight is 252 g/mol.